The number of nitrogens with one attached hydrogen (secondary N) is 2. The van der Waals surface area contributed by atoms with Crippen molar-refractivity contribution in [2.75, 3.05) is 10.6 Å². The number of anilines is 4. The number of para-hydroxylation sites is 1. The van der Waals surface area contributed by atoms with E-state index < -0.39 is 0 Å². The van der Waals surface area contributed by atoms with Gasteiger partial charge in [-0.05, 0) is 0 Å². The van der Waals surface area contributed by atoms with E-state index in [1.807, 2.05) is 0 Å². The van der Waals surface area contributed by atoms with Gasteiger partial charge in [0.1, 0.15) is 0 Å². The molecule has 1 aliphatic rings. The van der Waals surface area contributed by atoms with Crippen LogP contribution >= 0.6 is 0 Å². The van der Waals surface area contributed by atoms with Crippen LogP contribution in [-0.4, -0.2) is 15.0 Å². The van der Waals surface area contributed by atoms with E-state index in [0.717, 1.165) is 11.4 Å². The van der Waals surface area contributed by atoms with Crippen LogP contribution in [0.4, 0.5) is 22.7 Å². The van der Waals surface area contributed by atoms with Crippen LogP contribution in [0.3, 0.4) is 0 Å². The number of fused-ring (bicyclic) bond motifs is 3. The molecule has 0 saturated heterocycles. The van der Waals surface area contributed by atoms with E-state index in [4.69, 9.17) is 0 Å². The van der Waals surface area contributed by atoms with Gasteiger partial charge in [0.2, 0.25) is 0 Å². The summed E-state index contributed by atoms with van der Waals surface area (Å²) in [5.41, 5.74) is 4.75. The molecule has 0 amide bonds. The molecule has 0 atom stereocenters. The summed E-state index contributed by atoms with van der Waals surface area (Å²) in [6, 6.07) is 30.1. The molecule has 0 spiro atoms. The number of hydrogen-bond acceptors (Lipinski definition) is 2. The Morgan fingerprint density at radius 2 is 1.48 bits per heavy atom. The SMILES string of the molecule is c1ccc2c(c1)Nc1ccc(Nc3cccc4ccccc34)cc1[Se]2. The molecule has 5 rings (SSSR count). The van der Waals surface area contributed by atoms with Crippen molar-refractivity contribution in [2.45, 2.75) is 0 Å². The summed E-state index contributed by atoms with van der Waals surface area (Å²) in [6.07, 6.45) is 0. The van der Waals surface area contributed by atoms with E-state index in [0.29, 0.717) is 15.0 Å². The Bertz CT molecular complexity index is 1080. The Kier molecular flexibility index (Phi) is 3.48. The second-order valence-electron chi connectivity index (χ2n) is 6.09. The third-order valence-corrected chi connectivity index (χ3v) is 6.80. The minimum absolute atomic E-state index is 0.327. The summed E-state index contributed by atoms with van der Waals surface area (Å²) >= 11 is 0.327. The van der Waals surface area contributed by atoms with Crippen molar-refractivity contribution in [1.29, 1.82) is 0 Å². The fraction of sp³-hybridized carbons (Fsp3) is 0. The maximum atomic E-state index is 3.60. The second-order valence-corrected chi connectivity index (χ2v) is 8.36. The summed E-state index contributed by atoms with van der Waals surface area (Å²) in [5, 5.41) is 9.65. The Morgan fingerprint density at radius 3 is 2.48 bits per heavy atom. The van der Waals surface area contributed by atoms with Gasteiger partial charge in [0, 0.05) is 0 Å². The van der Waals surface area contributed by atoms with Crippen LogP contribution in [0.1, 0.15) is 0 Å². The first kappa shape index (κ1) is 14.6. The van der Waals surface area contributed by atoms with Gasteiger partial charge >= 0.3 is 153 Å². The molecule has 4 aromatic carbocycles. The first-order chi connectivity index (χ1) is 12.4. The van der Waals surface area contributed by atoms with E-state index in [1.54, 1.807) is 0 Å². The summed E-state index contributed by atoms with van der Waals surface area (Å²) < 4.78 is 2.79. The molecule has 4 aromatic rings. The monoisotopic (exact) mass is 388 g/mol. The summed E-state index contributed by atoms with van der Waals surface area (Å²) in [5.74, 6) is 0. The molecule has 2 N–H and O–H groups in total. The predicted molar refractivity (Wildman–Crippen MR) is 108 cm³/mol. The van der Waals surface area contributed by atoms with Gasteiger partial charge in [0.15, 0.2) is 0 Å². The molecule has 120 valence electrons. The molecule has 2 nitrogen and oxygen atoms in total. The van der Waals surface area contributed by atoms with Gasteiger partial charge < -0.3 is 0 Å². The van der Waals surface area contributed by atoms with Crippen LogP contribution < -0.4 is 19.6 Å². The zero-order valence-corrected chi connectivity index (χ0v) is 15.2. The minimum atomic E-state index is 0.327. The number of hydrogen-bond donors (Lipinski definition) is 2. The van der Waals surface area contributed by atoms with Crippen LogP contribution in [0.25, 0.3) is 10.8 Å². The standard InChI is InChI=1S/C22H16N2Se/c1-2-8-17-15(6-1)7-5-10-18(17)23-16-12-13-20-22(14-16)25-21-11-4-3-9-19(21)24-20/h1-14,23-24H. The van der Waals surface area contributed by atoms with Crippen LogP contribution in [0.15, 0.2) is 84.9 Å². The third-order valence-electron chi connectivity index (χ3n) is 4.43. The number of rotatable bonds is 2. The van der Waals surface area contributed by atoms with Gasteiger partial charge in [-0.1, -0.05) is 0 Å². The van der Waals surface area contributed by atoms with Crippen molar-refractivity contribution in [1.82, 2.24) is 0 Å². The molecule has 0 saturated carbocycles. The zero-order chi connectivity index (χ0) is 16.6. The van der Waals surface area contributed by atoms with Crippen molar-refractivity contribution in [3.05, 3.63) is 84.9 Å². The van der Waals surface area contributed by atoms with E-state index in [1.165, 1.54) is 31.1 Å². The number of benzene rings is 4. The van der Waals surface area contributed by atoms with E-state index in [-0.39, 0.29) is 0 Å². The third kappa shape index (κ3) is 2.68. The van der Waals surface area contributed by atoms with Crippen LogP contribution in [-0.2, 0) is 0 Å². The van der Waals surface area contributed by atoms with Crippen molar-refractivity contribution in [3.63, 3.8) is 0 Å². The zero-order valence-electron chi connectivity index (χ0n) is 13.5. The summed E-state index contributed by atoms with van der Waals surface area (Å²) in [7, 11) is 0. The molecule has 0 aromatic heterocycles. The molecular weight excluding hydrogens is 371 g/mol. The maximum absolute atomic E-state index is 3.60. The topological polar surface area (TPSA) is 24.1 Å². The molecule has 1 heterocycles. The van der Waals surface area contributed by atoms with Crippen molar-refractivity contribution >= 4 is 57.4 Å². The van der Waals surface area contributed by atoms with E-state index in [9.17, 15) is 0 Å². The van der Waals surface area contributed by atoms with Crippen molar-refractivity contribution in [2.24, 2.45) is 0 Å². The molecule has 25 heavy (non-hydrogen) atoms. The first-order valence-electron chi connectivity index (χ1n) is 8.29. The normalized spacial score (nSPS) is 12.2. The van der Waals surface area contributed by atoms with E-state index in [2.05, 4.69) is 95.6 Å². The predicted octanol–water partition coefficient (Wildman–Crippen LogP) is 4.30. The molecular formula is C22H16N2Se. The van der Waals surface area contributed by atoms with Gasteiger partial charge in [-0.15, -0.1) is 0 Å². The summed E-state index contributed by atoms with van der Waals surface area (Å²) in [6.45, 7) is 0. The Balaban J connectivity index is 1.50. The molecule has 0 radical (unpaired) electrons. The Hall–Kier alpha value is -2.74. The molecule has 1 aliphatic heterocycles. The van der Waals surface area contributed by atoms with Crippen LogP contribution in [0, 0.1) is 0 Å². The van der Waals surface area contributed by atoms with Crippen molar-refractivity contribution < 1.29 is 0 Å². The van der Waals surface area contributed by atoms with Crippen LogP contribution in [0.5, 0.6) is 0 Å². The average Bonchev–Trinajstić information content (AvgIpc) is 2.67. The molecule has 3 heteroatoms. The van der Waals surface area contributed by atoms with Gasteiger partial charge in [0.05, 0.1) is 0 Å². The molecule has 0 unspecified atom stereocenters. The van der Waals surface area contributed by atoms with E-state index >= 15 is 0 Å². The fourth-order valence-electron chi connectivity index (χ4n) is 3.20. The van der Waals surface area contributed by atoms with Gasteiger partial charge in [-0.3, -0.25) is 0 Å². The van der Waals surface area contributed by atoms with Gasteiger partial charge in [-0.2, -0.15) is 0 Å². The molecule has 0 aliphatic carbocycles. The first-order valence-corrected chi connectivity index (χ1v) is 10.0. The van der Waals surface area contributed by atoms with Crippen LogP contribution in [0.2, 0.25) is 0 Å². The Labute approximate surface area is 153 Å². The fourth-order valence-corrected chi connectivity index (χ4v) is 5.36. The van der Waals surface area contributed by atoms with Gasteiger partial charge in [0.25, 0.3) is 0 Å². The van der Waals surface area contributed by atoms with Crippen molar-refractivity contribution in [3.8, 4) is 0 Å². The van der Waals surface area contributed by atoms with Gasteiger partial charge in [-0.25, -0.2) is 0 Å². The Morgan fingerprint density at radius 1 is 0.680 bits per heavy atom. The quantitative estimate of drug-likeness (QED) is 0.442. The second kappa shape index (κ2) is 5.96. The molecule has 0 bridgehead atoms. The summed E-state index contributed by atoms with van der Waals surface area (Å²) in [4.78, 5) is 0. The molecule has 0 fully saturated rings. The average molecular weight is 387 g/mol.